The van der Waals surface area contributed by atoms with E-state index in [1.807, 2.05) is 6.07 Å². The van der Waals surface area contributed by atoms with Gasteiger partial charge in [-0.15, -0.1) is 0 Å². The summed E-state index contributed by atoms with van der Waals surface area (Å²) in [5.41, 5.74) is 1.25. The minimum absolute atomic E-state index is 0.348. The molecule has 20 heavy (non-hydrogen) atoms. The Morgan fingerprint density at radius 2 is 1.80 bits per heavy atom. The molecule has 1 aromatic rings. The van der Waals surface area contributed by atoms with E-state index in [-0.39, 0.29) is 0 Å². The zero-order valence-corrected chi connectivity index (χ0v) is 12.1. The van der Waals surface area contributed by atoms with Gasteiger partial charge < -0.3 is 19.7 Å². The van der Waals surface area contributed by atoms with E-state index in [0.717, 1.165) is 31.1 Å². The Kier molecular flexibility index (Phi) is 4.77. The molecule has 0 radical (unpaired) electrons. The summed E-state index contributed by atoms with van der Waals surface area (Å²) in [6.45, 7) is 5.99. The van der Waals surface area contributed by atoms with Crippen molar-refractivity contribution in [2.75, 3.05) is 33.0 Å². The highest BCUT2D eigenvalue weighted by Crippen LogP contribution is 2.32. The van der Waals surface area contributed by atoms with Gasteiger partial charge in [-0.1, -0.05) is 18.9 Å². The predicted molar refractivity (Wildman–Crippen MR) is 79.2 cm³/mol. The van der Waals surface area contributed by atoms with Gasteiger partial charge in [0.15, 0.2) is 11.5 Å². The number of benzene rings is 1. The highest BCUT2D eigenvalue weighted by atomic mass is 16.7. The Morgan fingerprint density at radius 3 is 2.65 bits per heavy atom. The van der Waals surface area contributed by atoms with E-state index in [2.05, 4.69) is 22.3 Å². The first-order valence-corrected chi connectivity index (χ1v) is 7.73. The Bertz CT molecular complexity index is 428. The third-order valence-corrected chi connectivity index (χ3v) is 4.07. The SMILES string of the molecule is c1cc2c(cc1CNCCN1CCCCCC1)OCO2. The molecule has 2 heterocycles. The summed E-state index contributed by atoms with van der Waals surface area (Å²) in [6.07, 6.45) is 5.53. The first-order chi connectivity index (χ1) is 9.92. The highest BCUT2D eigenvalue weighted by molar-refractivity contribution is 5.44. The summed E-state index contributed by atoms with van der Waals surface area (Å²) in [4.78, 5) is 2.58. The molecule has 4 nitrogen and oxygen atoms in total. The van der Waals surface area contributed by atoms with Crippen molar-refractivity contribution in [2.24, 2.45) is 0 Å². The van der Waals surface area contributed by atoms with Crippen molar-refractivity contribution in [2.45, 2.75) is 32.2 Å². The van der Waals surface area contributed by atoms with Crippen molar-refractivity contribution in [3.05, 3.63) is 23.8 Å². The second-order valence-corrected chi connectivity index (χ2v) is 5.62. The number of hydrogen-bond donors (Lipinski definition) is 1. The Balaban J connectivity index is 1.39. The highest BCUT2D eigenvalue weighted by Gasteiger charge is 2.13. The Morgan fingerprint density at radius 1 is 1.00 bits per heavy atom. The van der Waals surface area contributed by atoms with E-state index in [4.69, 9.17) is 9.47 Å². The third-order valence-electron chi connectivity index (χ3n) is 4.07. The number of hydrogen-bond acceptors (Lipinski definition) is 4. The molecular formula is C16H24N2O2. The van der Waals surface area contributed by atoms with Crippen molar-refractivity contribution in [1.82, 2.24) is 10.2 Å². The zero-order chi connectivity index (χ0) is 13.6. The molecule has 0 amide bonds. The number of likely N-dealkylation sites (tertiary alicyclic amines) is 1. The lowest BCUT2D eigenvalue weighted by Gasteiger charge is -2.19. The molecule has 0 saturated carbocycles. The van der Waals surface area contributed by atoms with Crippen molar-refractivity contribution >= 4 is 0 Å². The van der Waals surface area contributed by atoms with E-state index in [1.165, 1.54) is 44.3 Å². The van der Waals surface area contributed by atoms with Crippen molar-refractivity contribution in [1.29, 1.82) is 0 Å². The van der Waals surface area contributed by atoms with Crippen LogP contribution in [0.3, 0.4) is 0 Å². The van der Waals surface area contributed by atoms with Gasteiger partial charge in [0, 0.05) is 19.6 Å². The largest absolute Gasteiger partial charge is 0.454 e. The van der Waals surface area contributed by atoms with Crippen molar-refractivity contribution < 1.29 is 9.47 Å². The molecule has 1 saturated heterocycles. The van der Waals surface area contributed by atoms with Crippen LogP contribution in [0.15, 0.2) is 18.2 Å². The maximum Gasteiger partial charge on any atom is 0.231 e. The van der Waals surface area contributed by atoms with Crippen LogP contribution < -0.4 is 14.8 Å². The maximum atomic E-state index is 5.40. The van der Waals surface area contributed by atoms with Gasteiger partial charge in [0.1, 0.15) is 0 Å². The second-order valence-electron chi connectivity index (χ2n) is 5.62. The molecule has 1 N–H and O–H groups in total. The monoisotopic (exact) mass is 276 g/mol. The smallest absolute Gasteiger partial charge is 0.231 e. The van der Waals surface area contributed by atoms with Gasteiger partial charge >= 0.3 is 0 Å². The van der Waals surface area contributed by atoms with Crippen LogP contribution in [0.25, 0.3) is 0 Å². The summed E-state index contributed by atoms with van der Waals surface area (Å²) in [7, 11) is 0. The summed E-state index contributed by atoms with van der Waals surface area (Å²) in [6, 6.07) is 6.17. The number of nitrogens with zero attached hydrogens (tertiary/aromatic N) is 1. The molecule has 110 valence electrons. The van der Waals surface area contributed by atoms with E-state index in [0.29, 0.717) is 6.79 Å². The van der Waals surface area contributed by atoms with Crippen LogP contribution in [0.4, 0.5) is 0 Å². The molecule has 3 rings (SSSR count). The topological polar surface area (TPSA) is 33.7 Å². The van der Waals surface area contributed by atoms with Gasteiger partial charge in [-0.3, -0.25) is 0 Å². The van der Waals surface area contributed by atoms with Gasteiger partial charge in [-0.2, -0.15) is 0 Å². The Hall–Kier alpha value is -1.26. The van der Waals surface area contributed by atoms with Gasteiger partial charge in [0.05, 0.1) is 0 Å². The van der Waals surface area contributed by atoms with E-state index >= 15 is 0 Å². The fourth-order valence-electron chi connectivity index (χ4n) is 2.88. The number of nitrogens with one attached hydrogen (secondary N) is 1. The first-order valence-electron chi connectivity index (χ1n) is 7.73. The first kappa shape index (κ1) is 13.7. The maximum absolute atomic E-state index is 5.40. The molecule has 0 unspecified atom stereocenters. The number of fused-ring (bicyclic) bond motifs is 1. The standard InChI is InChI=1S/C16H24N2O2/c1-2-4-9-18(8-3-1)10-7-17-12-14-5-6-15-16(11-14)20-13-19-15/h5-6,11,17H,1-4,7-10,12-13H2. The van der Waals surface area contributed by atoms with Crippen LogP contribution in [-0.2, 0) is 6.54 Å². The number of ether oxygens (including phenoxy) is 2. The fraction of sp³-hybridized carbons (Fsp3) is 0.625. The minimum atomic E-state index is 0.348. The minimum Gasteiger partial charge on any atom is -0.454 e. The van der Waals surface area contributed by atoms with Crippen LogP contribution in [0.2, 0.25) is 0 Å². The molecule has 2 aliphatic rings. The predicted octanol–water partition coefficient (Wildman–Crippen LogP) is 2.38. The van der Waals surface area contributed by atoms with Crippen molar-refractivity contribution in [3.63, 3.8) is 0 Å². The molecule has 0 aliphatic carbocycles. The summed E-state index contributed by atoms with van der Waals surface area (Å²) in [5.74, 6) is 1.73. The van der Waals surface area contributed by atoms with Crippen LogP contribution in [-0.4, -0.2) is 37.9 Å². The lowest BCUT2D eigenvalue weighted by molar-refractivity contribution is 0.174. The van der Waals surface area contributed by atoms with E-state index in [9.17, 15) is 0 Å². The van der Waals surface area contributed by atoms with Crippen LogP contribution >= 0.6 is 0 Å². The van der Waals surface area contributed by atoms with Gasteiger partial charge in [-0.25, -0.2) is 0 Å². The molecule has 2 aliphatic heterocycles. The van der Waals surface area contributed by atoms with Crippen molar-refractivity contribution in [3.8, 4) is 11.5 Å². The average Bonchev–Trinajstić information content (AvgIpc) is 2.78. The molecule has 0 aromatic heterocycles. The van der Waals surface area contributed by atoms with E-state index in [1.54, 1.807) is 0 Å². The number of rotatable bonds is 5. The summed E-state index contributed by atoms with van der Waals surface area (Å²) < 4.78 is 10.7. The fourth-order valence-corrected chi connectivity index (χ4v) is 2.88. The van der Waals surface area contributed by atoms with Gasteiger partial charge in [0.2, 0.25) is 6.79 Å². The zero-order valence-electron chi connectivity index (χ0n) is 12.1. The lowest BCUT2D eigenvalue weighted by Crippen LogP contribution is -2.32. The molecule has 0 spiro atoms. The summed E-state index contributed by atoms with van der Waals surface area (Å²) >= 11 is 0. The second kappa shape index (κ2) is 6.95. The third kappa shape index (κ3) is 3.64. The molecular weight excluding hydrogens is 252 g/mol. The Labute approximate surface area is 121 Å². The molecule has 1 fully saturated rings. The van der Waals surface area contributed by atoms with E-state index < -0.39 is 0 Å². The average molecular weight is 276 g/mol. The molecule has 0 atom stereocenters. The van der Waals surface area contributed by atoms with Crippen LogP contribution in [0.5, 0.6) is 11.5 Å². The van der Waals surface area contributed by atoms with Crippen LogP contribution in [0.1, 0.15) is 31.2 Å². The normalized spacial score (nSPS) is 19.0. The lowest BCUT2D eigenvalue weighted by atomic mass is 10.2. The molecule has 0 bridgehead atoms. The van der Waals surface area contributed by atoms with Gasteiger partial charge in [-0.05, 0) is 43.6 Å². The molecule has 1 aromatic carbocycles. The quantitative estimate of drug-likeness (QED) is 0.837. The van der Waals surface area contributed by atoms with Crippen LogP contribution in [0, 0.1) is 0 Å². The summed E-state index contributed by atoms with van der Waals surface area (Å²) in [5, 5.41) is 3.52. The van der Waals surface area contributed by atoms with Gasteiger partial charge in [0.25, 0.3) is 0 Å². The molecule has 4 heteroatoms.